The normalized spacial score (nSPS) is 23.1. The van der Waals surface area contributed by atoms with E-state index in [9.17, 15) is 9.59 Å². The highest BCUT2D eigenvalue weighted by Crippen LogP contribution is 2.41. The number of carbonyl (C=O) groups excluding carboxylic acids is 2. The maximum Gasteiger partial charge on any atom is 0.329 e. The van der Waals surface area contributed by atoms with Gasteiger partial charge in [0.1, 0.15) is 6.04 Å². The summed E-state index contributed by atoms with van der Waals surface area (Å²) >= 11 is 1.74. The first-order valence-electron chi connectivity index (χ1n) is 10.4. The van der Waals surface area contributed by atoms with Gasteiger partial charge < -0.3 is 10.1 Å². The van der Waals surface area contributed by atoms with Crippen molar-refractivity contribution in [3.05, 3.63) is 29.8 Å². The van der Waals surface area contributed by atoms with Crippen molar-refractivity contribution in [1.29, 1.82) is 0 Å². The number of nitrogens with zero attached hydrogens (tertiary/aromatic N) is 1. The zero-order valence-electron chi connectivity index (χ0n) is 17.1. The Kier molecular flexibility index (Phi) is 7.27. The van der Waals surface area contributed by atoms with Crippen molar-refractivity contribution in [1.82, 2.24) is 4.90 Å². The van der Waals surface area contributed by atoms with Crippen molar-refractivity contribution >= 4 is 29.4 Å². The van der Waals surface area contributed by atoms with Gasteiger partial charge in [-0.25, -0.2) is 9.59 Å². The first-order valence-corrected chi connectivity index (χ1v) is 11.5. The molecule has 2 amide bonds. The van der Waals surface area contributed by atoms with Crippen molar-refractivity contribution in [2.45, 2.75) is 64.3 Å². The van der Waals surface area contributed by atoms with Gasteiger partial charge in [-0.05, 0) is 43.2 Å². The zero-order chi connectivity index (χ0) is 20.1. The summed E-state index contributed by atoms with van der Waals surface area (Å²) in [6.07, 6.45) is 5.93. The first-order chi connectivity index (χ1) is 13.5. The summed E-state index contributed by atoms with van der Waals surface area (Å²) in [5, 5.41) is 3.08. The summed E-state index contributed by atoms with van der Waals surface area (Å²) in [7, 11) is 0. The van der Waals surface area contributed by atoms with Gasteiger partial charge in [-0.3, -0.25) is 4.90 Å². The number of amides is 2. The van der Waals surface area contributed by atoms with Crippen LogP contribution >= 0.6 is 11.8 Å². The summed E-state index contributed by atoms with van der Waals surface area (Å²) in [4.78, 5) is 27.8. The van der Waals surface area contributed by atoms with Crippen LogP contribution in [0.2, 0.25) is 0 Å². The molecule has 1 saturated heterocycles. The van der Waals surface area contributed by atoms with Crippen molar-refractivity contribution in [2.24, 2.45) is 11.8 Å². The van der Waals surface area contributed by atoms with Gasteiger partial charge in [-0.2, -0.15) is 0 Å². The van der Waals surface area contributed by atoms with E-state index in [0.717, 1.165) is 24.1 Å². The topological polar surface area (TPSA) is 58.6 Å². The second-order valence-electron chi connectivity index (χ2n) is 8.31. The zero-order valence-corrected chi connectivity index (χ0v) is 18.0. The van der Waals surface area contributed by atoms with Crippen LogP contribution < -0.4 is 5.32 Å². The van der Waals surface area contributed by atoms with Gasteiger partial charge >= 0.3 is 12.0 Å². The highest BCUT2D eigenvalue weighted by atomic mass is 32.2. The number of benzene rings is 1. The quantitative estimate of drug-likeness (QED) is 0.698. The van der Waals surface area contributed by atoms with Crippen molar-refractivity contribution < 1.29 is 14.3 Å². The van der Waals surface area contributed by atoms with Gasteiger partial charge in [0, 0.05) is 11.4 Å². The van der Waals surface area contributed by atoms with Gasteiger partial charge in [0.15, 0.2) is 0 Å². The molecule has 1 aliphatic heterocycles. The number of carbonyl (C=O) groups is 2. The van der Waals surface area contributed by atoms with Crippen LogP contribution in [0.25, 0.3) is 0 Å². The summed E-state index contributed by atoms with van der Waals surface area (Å²) in [5.74, 6) is 1.06. The summed E-state index contributed by atoms with van der Waals surface area (Å²) in [6, 6.07) is 7.03. The average Bonchev–Trinajstić information content (AvgIpc) is 3.14. The third-order valence-electron chi connectivity index (χ3n) is 5.54. The van der Waals surface area contributed by atoms with Crippen molar-refractivity contribution in [3.8, 4) is 0 Å². The van der Waals surface area contributed by atoms with E-state index in [1.54, 1.807) is 16.7 Å². The lowest BCUT2D eigenvalue weighted by Gasteiger charge is -2.35. The molecular formula is C22H32N2O3S. The largest absolute Gasteiger partial charge is 0.464 e. The third kappa shape index (κ3) is 5.02. The maximum atomic E-state index is 13.3. The average molecular weight is 405 g/mol. The van der Waals surface area contributed by atoms with Crippen LogP contribution in [-0.4, -0.2) is 40.7 Å². The fourth-order valence-corrected chi connectivity index (χ4v) is 5.61. The molecule has 0 radical (unpaired) electrons. The Labute approximate surface area is 172 Å². The molecule has 1 aromatic carbocycles. The minimum Gasteiger partial charge on any atom is -0.464 e. The lowest BCUT2D eigenvalue weighted by molar-refractivity contribution is -0.149. The maximum absolute atomic E-state index is 13.3. The van der Waals surface area contributed by atoms with E-state index in [1.807, 2.05) is 45.0 Å². The Morgan fingerprint density at radius 3 is 2.61 bits per heavy atom. The van der Waals surface area contributed by atoms with E-state index in [2.05, 4.69) is 5.32 Å². The Balaban J connectivity index is 1.78. The Hall–Kier alpha value is -1.69. The van der Waals surface area contributed by atoms with Gasteiger partial charge in [-0.15, -0.1) is 11.8 Å². The number of rotatable bonds is 5. The second kappa shape index (κ2) is 9.68. The molecule has 3 rings (SSSR count). The predicted molar refractivity (Wildman–Crippen MR) is 114 cm³/mol. The number of esters is 1. The summed E-state index contributed by atoms with van der Waals surface area (Å²) < 4.78 is 5.50. The van der Waals surface area contributed by atoms with Crippen LogP contribution in [0.4, 0.5) is 10.5 Å². The fraction of sp³-hybridized carbons (Fsp3) is 0.636. The van der Waals surface area contributed by atoms with Crippen LogP contribution in [0.3, 0.4) is 0 Å². The number of aryl methyl sites for hydroxylation is 1. The Bertz CT molecular complexity index is 688. The summed E-state index contributed by atoms with van der Waals surface area (Å²) in [6.45, 7) is 6.40. The molecule has 2 unspecified atom stereocenters. The number of thioether (sulfide) groups is 1. The van der Waals surface area contributed by atoms with E-state index in [4.69, 9.17) is 4.74 Å². The molecular weight excluding hydrogens is 372 g/mol. The molecule has 2 atom stereocenters. The van der Waals surface area contributed by atoms with E-state index < -0.39 is 6.04 Å². The molecule has 28 heavy (non-hydrogen) atoms. The lowest BCUT2D eigenvalue weighted by Crippen LogP contribution is -2.50. The number of para-hydroxylation sites is 1. The molecule has 6 heteroatoms. The molecule has 154 valence electrons. The van der Waals surface area contributed by atoms with Crippen LogP contribution in [-0.2, 0) is 9.53 Å². The molecule has 1 heterocycles. The minimum absolute atomic E-state index is 0.0425. The number of urea groups is 1. The number of ether oxygens (including phenoxy) is 1. The lowest BCUT2D eigenvalue weighted by atomic mass is 9.88. The Morgan fingerprint density at radius 1 is 1.21 bits per heavy atom. The van der Waals surface area contributed by atoms with Gasteiger partial charge in [0.25, 0.3) is 0 Å². The van der Waals surface area contributed by atoms with E-state index in [-0.39, 0.29) is 23.3 Å². The van der Waals surface area contributed by atoms with Crippen molar-refractivity contribution in [3.63, 3.8) is 0 Å². The van der Waals surface area contributed by atoms with Crippen LogP contribution in [0, 0.1) is 18.8 Å². The highest BCUT2D eigenvalue weighted by Gasteiger charge is 2.45. The minimum atomic E-state index is -0.514. The molecule has 1 aromatic rings. The van der Waals surface area contributed by atoms with E-state index in [0.29, 0.717) is 18.3 Å². The number of hydrogen-bond donors (Lipinski definition) is 1. The molecule has 0 spiro atoms. The predicted octanol–water partition coefficient (Wildman–Crippen LogP) is 5.05. The molecule has 5 nitrogen and oxygen atoms in total. The molecule has 0 bridgehead atoms. The smallest absolute Gasteiger partial charge is 0.329 e. The SMILES string of the molecule is Cc1ccccc1NC(=O)N1C(C(=O)OCC(C)C)CSC1C1CCCCC1. The molecule has 1 aliphatic carbocycles. The van der Waals surface area contributed by atoms with Gasteiger partial charge in [0.2, 0.25) is 0 Å². The summed E-state index contributed by atoms with van der Waals surface area (Å²) in [5.41, 5.74) is 1.80. The van der Waals surface area contributed by atoms with E-state index in [1.165, 1.54) is 19.3 Å². The standard InChI is InChI=1S/C22H32N2O3S/c1-15(2)13-27-21(25)19-14-28-20(17-10-5-4-6-11-17)24(19)22(26)23-18-12-8-7-9-16(18)3/h7-9,12,15,17,19-20H,4-6,10-11,13-14H2,1-3H3,(H,23,26). The highest BCUT2D eigenvalue weighted by molar-refractivity contribution is 8.00. The van der Waals surface area contributed by atoms with Crippen molar-refractivity contribution in [2.75, 3.05) is 17.7 Å². The van der Waals surface area contributed by atoms with Crippen LogP contribution in [0.15, 0.2) is 24.3 Å². The number of nitrogens with one attached hydrogen (secondary N) is 1. The number of hydrogen-bond acceptors (Lipinski definition) is 4. The molecule has 2 fully saturated rings. The Morgan fingerprint density at radius 2 is 1.93 bits per heavy atom. The second-order valence-corrected chi connectivity index (χ2v) is 9.46. The first kappa shape index (κ1) is 21.0. The van der Waals surface area contributed by atoms with Crippen LogP contribution in [0.5, 0.6) is 0 Å². The molecule has 0 aromatic heterocycles. The van der Waals surface area contributed by atoms with Crippen LogP contribution in [0.1, 0.15) is 51.5 Å². The van der Waals surface area contributed by atoms with Gasteiger partial charge in [-0.1, -0.05) is 51.3 Å². The van der Waals surface area contributed by atoms with E-state index >= 15 is 0 Å². The molecule has 1 N–H and O–H groups in total. The third-order valence-corrected chi connectivity index (χ3v) is 7.00. The molecule has 1 saturated carbocycles. The van der Waals surface area contributed by atoms with Gasteiger partial charge in [0.05, 0.1) is 12.0 Å². The number of anilines is 1. The molecule has 2 aliphatic rings. The fourth-order valence-electron chi connectivity index (χ4n) is 3.99. The monoisotopic (exact) mass is 404 g/mol.